The molecule has 0 saturated heterocycles. The summed E-state index contributed by atoms with van der Waals surface area (Å²) in [6.07, 6.45) is 0. The third-order valence-corrected chi connectivity index (χ3v) is 3.98. The highest BCUT2D eigenvalue weighted by Crippen LogP contribution is 2.23. The van der Waals surface area contributed by atoms with Crippen molar-refractivity contribution in [3.63, 3.8) is 0 Å². The maximum absolute atomic E-state index is 13.6. The molecule has 3 rings (SSSR count). The average Bonchev–Trinajstić information content (AvgIpc) is 2.62. The van der Waals surface area contributed by atoms with Crippen LogP contribution in [0.3, 0.4) is 0 Å². The summed E-state index contributed by atoms with van der Waals surface area (Å²) in [6.45, 7) is -1.17. The van der Waals surface area contributed by atoms with Crippen LogP contribution in [0.5, 0.6) is 5.75 Å². The van der Waals surface area contributed by atoms with E-state index in [-0.39, 0.29) is 30.0 Å². The van der Waals surface area contributed by atoms with Crippen molar-refractivity contribution in [1.82, 2.24) is 4.57 Å². The van der Waals surface area contributed by atoms with E-state index in [1.807, 2.05) is 6.07 Å². The molecule has 0 amide bonds. The monoisotopic (exact) mass is 344 g/mol. The molecule has 0 bridgehead atoms. The van der Waals surface area contributed by atoms with Crippen LogP contribution >= 0.6 is 0 Å². The number of aryl methyl sites for hydroxylation is 1. The van der Waals surface area contributed by atoms with Crippen molar-refractivity contribution in [2.24, 2.45) is 0 Å². The summed E-state index contributed by atoms with van der Waals surface area (Å²) in [5.41, 5.74) is 1.17. The van der Waals surface area contributed by atoms with Gasteiger partial charge in [-0.25, -0.2) is 13.9 Å². The minimum Gasteiger partial charge on any atom is -0.488 e. The number of halogens is 2. The zero-order valence-electron chi connectivity index (χ0n) is 13.4. The number of nitrogens with zero attached hydrogens (tertiary/aromatic N) is 1. The molecule has 0 spiro atoms. The third kappa shape index (κ3) is 3.53. The lowest BCUT2D eigenvalue weighted by Gasteiger charge is -2.12. The second-order valence-electron chi connectivity index (χ2n) is 5.55. The van der Waals surface area contributed by atoms with Crippen LogP contribution in [-0.4, -0.2) is 11.2 Å². The van der Waals surface area contributed by atoms with Crippen LogP contribution < -0.4 is 10.3 Å². The van der Waals surface area contributed by atoms with Crippen molar-refractivity contribution in [3.05, 3.63) is 75.8 Å². The van der Waals surface area contributed by atoms with Gasteiger partial charge in [-0.3, -0.25) is 4.79 Å². The number of fused-ring (bicyclic) bond motifs is 1. The average molecular weight is 344 g/mol. The zero-order valence-corrected chi connectivity index (χ0v) is 13.4. The Morgan fingerprint density at radius 3 is 2.68 bits per heavy atom. The highest BCUT2D eigenvalue weighted by molar-refractivity contribution is 5.79. The molecule has 2 aromatic carbocycles. The number of rotatable bonds is 6. The van der Waals surface area contributed by atoms with Crippen LogP contribution in [0.15, 0.2) is 53.3 Å². The molecule has 129 valence electrons. The van der Waals surface area contributed by atoms with Gasteiger partial charge in [-0.1, -0.05) is 12.1 Å². The fourth-order valence-electron chi connectivity index (χ4n) is 2.73. The Bertz CT molecular complexity index is 953. The van der Waals surface area contributed by atoms with E-state index >= 15 is 0 Å². The highest BCUT2D eigenvalue weighted by atomic mass is 19.1. The van der Waals surface area contributed by atoms with E-state index < -0.39 is 19.1 Å². The SMILES string of the molecule is [O]Cc1c(F)cccc1OCc1ccc2c(ccc(=O)n2CCF)c1. The third-order valence-electron chi connectivity index (χ3n) is 3.98. The Morgan fingerprint density at radius 1 is 1.08 bits per heavy atom. The topological polar surface area (TPSA) is 51.1 Å². The largest absolute Gasteiger partial charge is 0.488 e. The minimum absolute atomic E-state index is 0.0000680. The maximum atomic E-state index is 13.6. The van der Waals surface area contributed by atoms with Gasteiger partial charge in [0, 0.05) is 6.07 Å². The summed E-state index contributed by atoms with van der Waals surface area (Å²) in [5.74, 6) is -0.362. The first-order valence-corrected chi connectivity index (χ1v) is 7.81. The Kier molecular flexibility index (Phi) is 5.09. The van der Waals surface area contributed by atoms with Gasteiger partial charge < -0.3 is 9.30 Å². The summed E-state index contributed by atoms with van der Waals surface area (Å²) >= 11 is 0. The molecule has 1 radical (unpaired) electrons. The van der Waals surface area contributed by atoms with Crippen LogP contribution in [0.4, 0.5) is 8.78 Å². The summed E-state index contributed by atoms with van der Waals surface area (Å²) in [7, 11) is 0. The van der Waals surface area contributed by atoms with Crippen molar-refractivity contribution in [3.8, 4) is 5.75 Å². The predicted octanol–water partition coefficient (Wildman–Crippen LogP) is 3.62. The molecule has 0 aliphatic carbocycles. The van der Waals surface area contributed by atoms with Gasteiger partial charge >= 0.3 is 0 Å². The number of benzene rings is 2. The van der Waals surface area contributed by atoms with E-state index in [0.29, 0.717) is 5.52 Å². The van der Waals surface area contributed by atoms with E-state index in [1.165, 1.54) is 22.8 Å². The molecule has 6 heteroatoms. The fourth-order valence-corrected chi connectivity index (χ4v) is 2.73. The number of ether oxygens (including phenoxy) is 1. The second-order valence-corrected chi connectivity index (χ2v) is 5.55. The van der Waals surface area contributed by atoms with E-state index in [2.05, 4.69) is 0 Å². The second kappa shape index (κ2) is 7.44. The van der Waals surface area contributed by atoms with Gasteiger partial charge in [-0.2, -0.15) is 0 Å². The van der Waals surface area contributed by atoms with Crippen molar-refractivity contribution < 1.29 is 18.6 Å². The molecule has 3 aromatic rings. The Labute approximate surface area is 142 Å². The van der Waals surface area contributed by atoms with Crippen LogP contribution in [0, 0.1) is 5.82 Å². The molecule has 0 aliphatic heterocycles. The Balaban J connectivity index is 1.87. The Morgan fingerprint density at radius 2 is 1.92 bits per heavy atom. The number of aromatic nitrogens is 1. The molecule has 1 aromatic heterocycles. The van der Waals surface area contributed by atoms with Gasteiger partial charge in [0.05, 0.1) is 17.6 Å². The molecule has 1 heterocycles. The lowest BCUT2D eigenvalue weighted by atomic mass is 10.1. The number of pyridine rings is 1. The van der Waals surface area contributed by atoms with Crippen LogP contribution in [0.25, 0.3) is 10.9 Å². The van der Waals surface area contributed by atoms with Crippen LogP contribution in [0.1, 0.15) is 11.1 Å². The molecule has 25 heavy (non-hydrogen) atoms. The molecule has 0 aliphatic rings. The molecule has 4 nitrogen and oxygen atoms in total. The van der Waals surface area contributed by atoms with E-state index in [1.54, 1.807) is 24.3 Å². The maximum Gasteiger partial charge on any atom is 0.251 e. The Hall–Kier alpha value is -2.73. The first kappa shape index (κ1) is 17.1. The predicted molar refractivity (Wildman–Crippen MR) is 89.3 cm³/mol. The van der Waals surface area contributed by atoms with Gasteiger partial charge in [-0.15, -0.1) is 0 Å². The van der Waals surface area contributed by atoms with E-state index in [9.17, 15) is 18.7 Å². The van der Waals surface area contributed by atoms with E-state index in [4.69, 9.17) is 4.74 Å². The molecule has 0 atom stereocenters. The van der Waals surface area contributed by atoms with Crippen molar-refractivity contribution in [2.45, 2.75) is 19.8 Å². The summed E-state index contributed by atoms with van der Waals surface area (Å²) < 4.78 is 33.2. The lowest BCUT2D eigenvalue weighted by molar-refractivity contribution is 0.167. The van der Waals surface area contributed by atoms with Crippen LogP contribution in [0.2, 0.25) is 0 Å². The smallest absolute Gasteiger partial charge is 0.251 e. The summed E-state index contributed by atoms with van der Waals surface area (Å²) in [5, 5.41) is 11.9. The van der Waals surface area contributed by atoms with Gasteiger partial charge in [-0.05, 0) is 41.3 Å². The van der Waals surface area contributed by atoms with E-state index in [0.717, 1.165) is 10.9 Å². The van der Waals surface area contributed by atoms with Crippen molar-refractivity contribution in [1.29, 1.82) is 0 Å². The normalized spacial score (nSPS) is 11.0. The summed E-state index contributed by atoms with van der Waals surface area (Å²) in [4.78, 5) is 11.8. The molecular formula is C19H16F2NO3. The quantitative estimate of drug-likeness (QED) is 0.686. The first-order chi connectivity index (χ1) is 12.1. The van der Waals surface area contributed by atoms with Crippen LogP contribution in [-0.2, 0) is 24.9 Å². The number of alkyl halides is 1. The van der Waals surface area contributed by atoms with Gasteiger partial charge in [0.15, 0.2) is 0 Å². The van der Waals surface area contributed by atoms with Gasteiger partial charge in [0.1, 0.15) is 31.5 Å². The lowest BCUT2D eigenvalue weighted by Crippen LogP contribution is -2.20. The fraction of sp³-hybridized carbons (Fsp3) is 0.211. The molecule has 0 unspecified atom stereocenters. The summed E-state index contributed by atoms with van der Waals surface area (Å²) in [6, 6.07) is 12.6. The number of hydrogen-bond acceptors (Lipinski definition) is 2. The number of hydrogen-bond donors (Lipinski definition) is 0. The highest BCUT2D eigenvalue weighted by Gasteiger charge is 2.10. The van der Waals surface area contributed by atoms with Crippen molar-refractivity contribution in [2.75, 3.05) is 6.67 Å². The van der Waals surface area contributed by atoms with Gasteiger partial charge in [0.2, 0.25) is 0 Å². The minimum atomic E-state index is -0.699. The molecule has 0 saturated carbocycles. The molecular weight excluding hydrogens is 328 g/mol. The molecule has 0 N–H and O–H groups in total. The molecule has 0 fully saturated rings. The first-order valence-electron chi connectivity index (χ1n) is 7.81. The standard InChI is InChI=1S/C19H16F2NO3/c20-8-9-22-17-6-4-13(10-14(17)5-7-19(22)24)12-25-18-3-1-2-16(21)15(18)11-23/h1-7,10H,8-9,11-12H2. The van der Waals surface area contributed by atoms with Crippen molar-refractivity contribution >= 4 is 10.9 Å². The zero-order chi connectivity index (χ0) is 17.8. The van der Waals surface area contributed by atoms with Gasteiger partial charge in [0.25, 0.3) is 5.56 Å².